The van der Waals surface area contributed by atoms with Gasteiger partial charge in [0.15, 0.2) is 0 Å². The number of hydrogen-bond acceptors (Lipinski definition) is 8. The summed E-state index contributed by atoms with van der Waals surface area (Å²) >= 11 is 0. The molecule has 154 valence electrons. The average Bonchev–Trinajstić information content (AvgIpc) is 2.89. The van der Waals surface area contributed by atoms with Gasteiger partial charge in [0.1, 0.15) is 13.2 Å². The number of carbonyl (C=O) groups excluding carboxylic acids is 2. The molecule has 0 aromatic heterocycles. The zero-order chi connectivity index (χ0) is 20.7. The maximum absolute atomic E-state index is 11.0. The third-order valence-corrected chi connectivity index (χ3v) is 3.13. The van der Waals surface area contributed by atoms with Gasteiger partial charge in [0.2, 0.25) is 0 Å². The van der Waals surface area contributed by atoms with E-state index in [1.165, 1.54) is 0 Å². The Hall–Kier alpha value is -2.66. The van der Waals surface area contributed by atoms with Crippen molar-refractivity contribution in [2.45, 2.75) is 26.7 Å². The summed E-state index contributed by atoms with van der Waals surface area (Å²) in [5, 5.41) is 18.5. The van der Waals surface area contributed by atoms with Crippen LogP contribution in [0.1, 0.15) is 26.7 Å². The van der Waals surface area contributed by atoms with Crippen molar-refractivity contribution in [2.24, 2.45) is 0 Å². The lowest BCUT2D eigenvalue weighted by molar-refractivity contribution is -0.124. The van der Waals surface area contributed by atoms with Gasteiger partial charge in [-0.25, -0.2) is 9.59 Å². The van der Waals surface area contributed by atoms with Crippen LogP contribution in [0.4, 0.5) is 9.59 Å². The summed E-state index contributed by atoms with van der Waals surface area (Å²) in [5.74, 6) is -0.427. The normalized spacial score (nSPS) is 13.0. The molecule has 1 rings (SSSR count). The van der Waals surface area contributed by atoms with E-state index < -0.39 is 12.3 Å². The first-order valence-electron chi connectivity index (χ1n) is 8.28. The Morgan fingerprint density at radius 3 is 1.37 bits per heavy atom. The second-order valence-electron chi connectivity index (χ2n) is 4.90. The fourth-order valence-electron chi connectivity index (χ4n) is 1.97. The molecule has 0 unspecified atom stereocenters. The Morgan fingerprint density at radius 2 is 1.07 bits per heavy atom. The van der Waals surface area contributed by atoms with Gasteiger partial charge in [0.25, 0.3) is 11.8 Å². The fourth-order valence-corrected chi connectivity index (χ4v) is 1.97. The average molecular weight is 391 g/mol. The number of imide groups is 1. The minimum Gasteiger partial charge on any atom is -0.450 e. The van der Waals surface area contributed by atoms with Gasteiger partial charge >= 0.3 is 12.3 Å². The van der Waals surface area contributed by atoms with Gasteiger partial charge in [-0.1, -0.05) is 13.8 Å². The van der Waals surface area contributed by atoms with Crippen LogP contribution in [0, 0.1) is 0 Å². The zero-order valence-corrected chi connectivity index (χ0v) is 15.3. The highest BCUT2D eigenvalue weighted by Gasteiger charge is 2.26. The predicted molar refractivity (Wildman–Crippen MR) is 90.3 cm³/mol. The molecule has 0 aromatic carbocycles. The first-order chi connectivity index (χ1) is 12.8. The molecule has 3 N–H and O–H groups in total. The molecular weight excluding hydrogens is 366 g/mol. The summed E-state index contributed by atoms with van der Waals surface area (Å²) in [7, 11) is 0. The van der Waals surface area contributed by atoms with Crippen LogP contribution in [0.15, 0.2) is 11.1 Å². The second kappa shape index (κ2) is 14.5. The van der Waals surface area contributed by atoms with Crippen molar-refractivity contribution in [1.29, 1.82) is 0 Å². The third-order valence-electron chi connectivity index (χ3n) is 3.13. The van der Waals surface area contributed by atoms with E-state index in [4.69, 9.17) is 19.7 Å². The van der Waals surface area contributed by atoms with Gasteiger partial charge in [-0.3, -0.25) is 14.9 Å². The highest BCUT2D eigenvalue weighted by atomic mass is 16.7. The molecule has 1 aliphatic heterocycles. The molecule has 0 aromatic rings. The summed E-state index contributed by atoms with van der Waals surface area (Å²) in [5.41, 5.74) is 1.30. The molecule has 1 heterocycles. The van der Waals surface area contributed by atoms with Crippen LogP contribution in [0.25, 0.3) is 0 Å². The van der Waals surface area contributed by atoms with E-state index >= 15 is 0 Å². The summed E-state index contributed by atoms with van der Waals surface area (Å²) in [6, 6.07) is 0. The molecule has 0 radical (unpaired) electrons. The van der Waals surface area contributed by atoms with E-state index in [9.17, 15) is 19.2 Å². The summed E-state index contributed by atoms with van der Waals surface area (Å²) < 4.78 is 18.2. The Kier molecular flexibility index (Phi) is 13.1. The summed E-state index contributed by atoms with van der Waals surface area (Å²) in [6.07, 6.45) is -1.40. The number of carbonyl (C=O) groups is 4. The number of nitrogens with one attached hydrogen (secondary N) is 1. The van der Waals surface area contributed by atoms with Crippen molar-refractivity contribution in [3.8, 4) is 0 Å². The lowest BCUT2D eigenvalue weighted by atomic mass is 10.1. The van der Waals surface area contributed by atoms with Gasteiger partial charge in [-0.15, -0.1) is 0 Å². The monoisotopic (exact) mass is 391 g/mol. The van der Waals surface area contributed by atoms with Gasteiger partial charge in [0, 0.05) is 11.1 Å². The van der Waals surface area contributed by atoms with Crippen LogP contribution in [0.2, 0.25) is 0 Å². The SMILES string of the molecule is CCC1=C(CC)C(=O)NC1=O.O=C(O)OCCOCCOCCOC(=O)O. The number of carboxylic acid groups (broad SMARTS) is 2. The molecule has 0 saturated heterocycles. The van der Waals surface area contributed by atoms with Crippen molar-refractivity contribution in [2.75, 3.05) is 39.6 Å². The summed E-state index contributed by atoms with van der Waals surface area (Å²) in [4.78, 5) is 41.8. The van der Waals surface area contributed by atoms with E-state index in [1.54, 1.807) is 0 Å². The van der Waals surface area contributed by atoms with Gasteiger partial charge in [-0.05, 0) is 12.8 Å². The molecule has 0 spiro atoms. The zero-order valence-electron chi connectivity index (χ0n) is 15.3. The smallest absolute Gasteiger partial charge is 0.450 e. The summed E-state index contributed by atoms with van der Waals surface area (Å²) in [6.45, 7) is 4.55. The number of hydrogen-bond donors (Lipinski definition) is 3. The van der Waals surface area contributed by atoms with Crippen LogP contribution < -0.4 is 5.32 Å². The molecule has 0 bridgehead atoms. The first kappa shape index (κ1) is 24.3. The standard InChI is InChI=1S/C8H11NO2.C8H14O8/c1-3-5-6(4-2)8(11)9-7(5)10;9-7(10)15-5-3-13-1-2-14-4-6-16-8(11)12/h3-4H2,1-2H3,(H,9,10,11);1-6H2,(H,9,10)(H,11,12). The molecule has 27 heavy (non-hydrogen) atoms. The van der Waals surface area contributed by atoms with Gasteiger partial charge in [0.05, 0.1) is 26.4 Å². The molecule has 0 fully saturated rings. The number of rotatable bonds is 11. The van der Waals surface area contributed by atoms with E-state index in [0.29, 0.717) is 24.0 Å². The van der Waals surface area contributed by atoms with Crippen molar-refractivity contribution >= 4 is 24.1 Å². The Balaban J connectivity index is 0.000000533. The van der Waals surface area contributed by atoms with E-state index in [2.05, 4.69) is 14.8 Å². The Morgan fingerprint density at radius 1 is 0.741 bits per heavy atom. The second-order valence-corrected chi connectivity index (χ2v) is 4.90. The van der Waals surface area contributed by atoms with Gasteiger partial charge in [-0.2, -0.15) is 0 Å². The van der Waals surface area contributed by atoms with Crippen molar-refractivity contribution < 1.29 is 48.3 Å². The van der Waals surface area contributed by atoms with Crippen molar-refractivity contribution in [3.63, 3.8) is 0 Å². The number of amides is 2. The van der Waals surface area contributed by atoms with Crippen LogP contribution in [0.5, 0.6) is 0 Å². The van der Waals surface area contributed by atoms with Crippen LogP contribution in [-0.2, 0) is 28.5 Å². The lowest BCUT2D eigenvalue weighted by Gasteiger charge is -2.05. The lowest BCUT2D eigenvalue weighted by Crippen LogP contribution is -2.23. The van der Waals surface area contributed by atoms with Crippen molar-refractivity contribution in [3.05, 3.63) is 11.1 Å². The van der Waals surface area contributed by atoms with E-state index in [0.717, 1.165) is 0 Å². The fraction of sp³-hybridized carbons (Fsp3) is 0.625. The predicted octanol–water partition coefficient (Wildman–Crippen LogP) is 1.17. The molecule has 2 amide bonds. The molecule has 1 aliphatic rings. The first-order valence-corrected chi connectivity index (χ1v) is 8.28. The Labute approximate surface area is 156 Å². The molecule has 0 aliphatic carbocycles. The van der Waals surface area contributed by atoms with Crippen LogP contribution >= 0.6 is 0 Å². The maximum Gasteiger partial charge on any atom is 0.505 e. The topological polar surface area (TPSA) is 158 Å². The highest BCUT2D eigenvalue weighted by Crippen LogP contribution is 2.17. The van der Waals surface area contributed by atoms with E-state index in [-0.39, 0.29) is 51.5 Å². The molecule has 11 heteroatoms. The van der Waals surface area contributed by atoms with Crippen LogP contribution in [-0.4, -0.2) is 74.0 Å². The molecule has 0 atom stereocenters. The largest absolute Gasteiger partial charge is 0.505 e. The van der Waals surface area contributed by atoms with Crippen LogP contribution in [0.3, 0.4) is 0 Å². The molecular formula is C16H25NO10. The minimum atomic E-state index is -1.34. The number of ether oxygens (including phenoxy) is 4. The molecule has 0 saturated carbocycles. The van der Waals surface area contributed by atoms with E-state index in [1.807, 2.05) is 13.8 Å². The maximum atomic E-state index is 11.0. The van der Waals surface area contributed by atoms with Crippen molar-refractivity contribution in [1.82, 2.24) is 5.32 Å². The minimum absolute atomic E-state index is 0.0303. The Bertz CT molecular complexity index is 497. The van der Waals surface area contributed by atoms with Gasteiger partial charge < -0.3 is 29.2 Å². The molecule has 11 nitrogen and oxygen atoms in total. The highest BCUT2D eigenvalue weighted by molar-refractivity contribution is 6.19. The third kappa shape index (κ3) is 11.5. The quantitative estimate of drug-likeness (QED) is 0.265.